The number of rotatable bonds is 6. The second-order valence-corrected chi connectivity index (χ2v) is 5.19. The van der Waals surface area contributed by atoms with Gasteiger partial charge in [0.15, 0.2) is 0 Å². The van der Waals surface area contributed by atoms with E-state index in [2.05, 4.69) is 0 Å². The SMILES string of the molecule is COc1ccccc1CN(C)C(=O)CC(O)c1ccccc1. The lowest BCUT2D eigenvalue weighted by molar-refractivity contribution is -0.132. The van der Waals surface area contributed by atoms with E-state index in [9.17, 15) is 9.90 Å². The van der Waals surface area contributed by atoms with E-state index in [4.69, 9.17) is 4.74 Å². The third-order valence-corrected chi connectivity index (χ3v) is 3.58. The largest absolute Gasteiger partial charge is 0.496 e. The third kappa shape index (κ3) is 4.09. The predicted octanol–water partition coefficient (Wildman–Crippen LogP) is 2.78. The fraction of sp³-hybridized carbons (Fsp3) is 0.278. The van der Waals surface area contributed by atoms with Crippen LogP contribution in [0.25, 0.3) is 0 Å². The molecular formula is C18H21NO3. The van der Waals surface area contributed by atoms with Crippen LogP contribution in [-0.4, -0.2) is 30.1 Å². The van der Waals surface area contributed by atoms with Gasteiger partial charge in [0.05, 0.1) is 19.6 Å². The van der Waals surface area contributed by atoms with Gasteiger partial charge >= 0.3 is 0 Å². The summed E-state index contributed by atoms with van der Waals surface area (Å²) in [6.07, 6.45) is -0.718. The average molecular weight is 299 g/mol. The van der Waals surface area contributed by atoms with E-state index < -0.39 is 6.10 Å². The molecule has 0 aliphatic heterocycles. The minimum Gasteiger partial charge on any atom is -0.496 e. The highest BCUT2D eigenvalue weighted by atomic mass is 16.5. The Bertz CT molecular complexity index is 613. The molecule has 0 fully saturated rings. The molecular weight excluding hydrogens is 278 g/mol. The monoisotopic (exact) mass is 299 g/mol. The summed E-state index contributed by atoms with van der Waals surface area (Å²) >= 11 is 0. The number of methoxy groups -OCH3 is 1. The number of aliphatic hydroxyl groups is 1. The van der Waals surface area contributed by atoms with Gasteiger partial charge in [0.25, 0.3) is 0 Å². The van der Waals surface area contributed by atoms with Gasteiger partial charge in [0.1, 0.15) is 5.75 Å². The molecule has 0 aromatic heterocycles. The molecule has 1 atom stereocenters. The summed E-state index contributed by atoms with van der Waals surface area (Å²) in [5.74, 6) is 0.646. The quantitative estimate of drug-likeness (QED) is 0.892. The Hall–Kier alpha value is -2.33. The molecule has 0 bridgehead atoms. The molecule has 116 valence electrons. The summed E-state index contributed by atoms with van der Waals surface area (Å²) in [4.78, 5) is 13.9. The Kier molecular flexibility index (Phi) is 5.55. The van der Waals surface area contributed by atoms with Crippen molar-refractivity contribution < 1.29 is 14.6 Å². The van der Waals surface area contributed by atoms with Crippen LogP contribution in [0, 0.1) is 0 Å². The highest BCUT2D eigenvalue weighted by molar-refractivity contribution is 5.76. The number of aliphatic hydroxyl groups excluding tert-OH is 1. The van der Waals surface area contributed by atoms with Crippen LogP contribution in [0.3, 0.4) is 0 Å². The van der Waals surface area contributed by atoms with Crippen molar-refractivity contribution in [3.05, 3.63) is 65.7 Å². The summed E-state index contributed by atoms with van der Waals surface area (Å²) in [6, 6.07) is 16.8. The van der Waals surface area contributed by atoms with Crippen LogP contribution < -0.4 is 4.74 Å². The molecule has 0 aliphatic carbocycles. The van der Waals surface area contributed by atoms with Crippen molar-refractivity contribution in [3.8, 4) is 5.75 Å². The van der Waals surface area contributed by atoms with Gasteiger partial charge < -0.3 is 14.7 Å². The van der Waals surface area contributed by atoms with E-state index in [0.717, 1.165) is 16.9 Å². The van der Waals surface area contributed by atoms with Crippen molar-refractivity contribution in [1.82, 2.24) is 4.90 Å². The van der Waals surface area contributed by atoms with Crippen LogP contribution in [0.5, 0.6) is 5.75 Å². The molecule has 0 heterocycles. The van der Waals surface area contributed by atoms with Gasteiger partial charge in [0, 0.05) is 19.2 Å². The molecule has 4 nitrogen and oxygen atoms in total. The van der Waals surface area contributed by atoms with Gasteiger partial charge in [-0.3, -0.25) is 4.79 Å². The number of hydrogen-bond donors (Lipinski definition) is 1. The van der Waals surface area contributed by atoms with Crippen molar-refractivity contribution in [2.45, 2.75) is 19.1 Å². The first-order chi connectivity index (χ1) is 10.6. The minimum absolute atomic E-state index is 0.0651. The number of hydrogen-bond acceptors (Lipinski definition) is 3. The Morgan fingerprint density at radius 3 is 2.45 bits per heavy atom. The minimum atomic E-state index is -0.784. The number of carbonyl (C=O) groups excluding carboxylic acids is 1. The van der Waals surface area contributed by atoms with Crippen LogP contribution in [0.15, 0.2) is 54.6 Å². The maximum Gasteiger partial charge on any atom is 0.225 e. The Labute approximate surface area is 131 Å². The highest BCUT2D eigenvalue weighted by Gasteiger charge is 2.17. The molecule has 2 aromatic rings. The van der Waals surface area contributed by atoms with Crippen molar-refractivity contribution in [2.24, 2.45) is 0 Å². The lowest BCUT2D eigenvalue weighted by atomic mass is 10.1. The van der Waals surface area contributed by atoms with Crippen LogP contribution in [0.2, 0.25) is 0 Å². The van der Waals surface area contributed by atoms with Crippen molar-refractivity contribution >= 4 is 5.91 Å². The molecule has 1 N–H and O–H groups in total. The van der Waals surface area contributed by atoms with E-state index in [1.165, 1.54) is 0 Å². The summed E-state index contributed by atoms with van der Waals surface area (Å²) in [6.45, 7) is 0.449. The first-order valence-electron chi connectivity index (χ1n) is 7.20. The summed E-state index contributed by atoms with van der Waals surface area (Å²) in [5.41, 5.74) is 1.69. The van der Waals surface area contributed by atoms with E-state index in [1.54, 1.807) is 19.1 Å². The topological polar surface area (TPSA) is 49.8 Å². The smallest absolute Gasteiger partial charge is 0.225 e. The molecule has 1 amide bonds. The molecule has 0 aliphatic rings. The fourth-order valence-electron chi connectivity index (χ4n) is 2.29. The van der Waals surface area contributed by atoms with Gasteiger partial charge in [-0.25, -0.2) is 0 Å². The van der Waals surface area contributed by atoms with E-state index in [-0.39, 0.29) is 12.3 Å². The van der Waals surface area contributed by atoms with Gasteiger partial charge in [-0.15, -0.1) is 0 Å². The zero-order valence-electron chi connectivity index (χ0n) is 12.9. The number of amides is 1. The maximum absolute atomic E-state index is 12.3. The summed E-state index contributed by atoms with van der Waals surface area (Å²) in [5, 5.41) is 10.1. The number of benzene rings is 2. The van der Waals surface area contributed by atoms with Gasteiger partial charge in [-0.2, -0.15) is 0 Å². The van der Waals surface area contributed by atoms with E-state index >= 15 is 0 Å². The summed E-state index contributed by atoms with van der Waals surface area (Å²) in [7, 11) is 3.34. The molecule has 2 rings (SSSR count). The molecule has 0 saturated heterocycles. The number of carbonyl (C=O) groups is 1. The number of ether oxygens (including phenoxy) is 1. The number of nitrogens with zero attached hydrogens (tertiary/aromatic N) is 1. The second-order valence-electron chi connectivity index (χ2n) is 5.19. The lowest BCUT2D eigenvalue weighted by Crippen LogP contribution is -2.27. The average Bonchev–Trinajstić information content (AvgIpc) is 2.56. The molecule has 1 unspecified atom stereocenters. The van der Waals surface area contributed by atoms with E-state index in [0.29, 0.717) is 6.54 Å². The second kappa shape index (κ2) is 7.61. The zero-order chi connectivity index (χ0) is 15.9. The zero-order valence-corrected chi connectivity index (χ0v) is 12.9. The van der Waals surface area contributed by atoms with Crippen LogP contribution >= 0.6 is 0 Å². The van der Waals surface area contributed by atoms with Gasteiger partial charge in [0.2, 0.25) is 5.91 Å². The number of para-hydroxylation sites is 1. The molecule has 4 heteroatoms. The van der Waals surface area contributed by atoms with Crippen molar-refractivity contribution in [2.75, 3.05) is 14.2 Å². The molecule has 0 spiro atoms. The first kappa shape index (κ1) is 16.0. The third-order valence-electron chi connectivity index (χ3n) is 3.58. The van der Waals surface area contributed by atoms with Crippen molar-refractivity contribution in [1.29, 1.82) is 0 Å². The van der Waals surface area contributed by atoms with E-state index in [1.807, 2.05) is 54.6 Å². The van der Waals surface area contributed by atoms with Crippen LogP contribution in [-0.2, 0) is 11.3 Å². The predicted molar refractivity (Wildman–Crippen MR) is 85.5 cm³/mol. The van der Waals surface area contributed by atoms with Gasteiger partial charge in [-0.05, 0) is 11.6 Å². The highest BCUT2D eigenvalue weighted by Crippen LogP contribution is 2.21. The molecule has 2 aromatic carbocycles. The molecule has 0 saturated carbocycles. The summed E-state index contributed by atoms with van der Waals surface area (Å²) < 4.78 is 5.29. The molecule has 22 heavy (non-hydrogen) atoms. The standard InChI is InChI=1S/C18H21NO3/c1-19(13-15-10-6-7-11-17(15)22-2)18(21)12-16(20)14-8-4-3-5-9-14/h3-11,16,20H,12-13H2,1-2H3. The molecule has 0 radical (unpaired) electrons. The van der Waals surface area contributed by atoms with Crippen molar-refractivity contribution in [3.63, 3.8) is 0 Å². The first-order valence-corrected chi connectivity index (χ1v) is 7.20. The Morgan fingerprint density at radius 1 is 1.14 bits per heavy atom. The Morgan fingerprint density at radius 2 is 1.77 bits per heavy atom. The maximum atomic E-state index is 12.3. The fourth-order valence-corrected chi connectivity index (χ4v) is 2.29. The Balaban J connectivity index is 1.97. The lowest BCUT2D eigenvalue weighted by Gasteiger charge is -2.20. The normalized spacial score (nSPS) is 11.8. The van der Waals surface area contributed by atoms with Crippen LogP contribution in [0.4, 0.5) is 0 Å². The van der Waals surface area contributed by atoms with Gasteiger partial charge in [-0.1, -0.05) is 48.5 Å². The van der Waals surface area contributed by atoms with Crippen LogP contribution in [0.1, 0.15) is 23.7 Å².